The van der Waals surface area contributed by atoms with Gasteiger partial charge in [0.25, 0.3) is 11.8 Å². The van der Waals surface area contributed by atoms with Gasteiger partial charge < -0.3 is 20.1 Å². The third-order valence-electron chi connectivity index (χ3n) is 5.11. The highest BCUT2D eigenvalue weighted by molar-refractivity contribution is 6.09. The normalized spacial score (nSPS) is 16.5. The number of hydrogen-bond donors (Lipinski definition) is 2. The third kappa shape index (κ3) is 4.51. The number of likely N-dealkylation sites (tertiary alicyclic amines) is 1. The van der Waals surface area contributed by atoms with Gasteiger partial charge in [-0.1, -0.05) is 12.1 Å². The molecular formula is C22H26N2O4. The Morgan fingerprint density at radius 1 is 1.14 bits per heavy atom. The number of aliphatic hydroxyl groups is 1. The van der Waals surface area contributed by atoms with Crippen LogP contribution >= 0.6 is 0 Å². The van der Waals surface area contributed by atoms with E-state index in [0.29, 0.717) is 35.5 Å². The molecule has 2 amide bonds. The van der Waals surface area contributed by atoms with Crippen LogP contribution in [0.3, 0.4) is 0 Å². The van der Waals surface area contributed by atoms with Gasteiger partial charge in [-0.3, -0.25) is 9.59 Å². The van der Waals surface area contributed by atoms with Crippen molar-refractivity contribution < 1.29 is 19.4 Å². The summed E-state index contributed by atoms with van der Waals surface area (Å²) in [5.41, 5.74) is 1.44. The molecule has 0 saturated carbocycles. The molecule has 1 saturated heterocycles. The van der Waals surface area contributed by atoms with Gasteiger partial charge in [0.2, 0.25) is 0 Å². The number of carbonyl (C=O) groups excluding carboxylic acids is 2. The molecular weight excluding hydrogens is 356 g/mol. The van der Waals surface area contributed by atoms with Crippen LogP contribution in [-0.2, 0) is 0 Å². The zero-order chi connectivity index (χ0) is 19.9. The van der Waals surface area contributed by atoms with E-state index in [9.17, 15) is 14.7 Å². The van der Waals surface area contributed by atoms with Crippen molar-refractivity contribution in [2.24, 2.45) is 0 Å². The summed E-state index contributed by atoms with van der Waals surface area (Å²) in [4.78, 5) is 27.6. The molecule has 148 valence electrons. The molecule has 0 radical (unpaired) electrons. The van der Waals surface area contributed by atoms with Crippen molar-refractivity contribution in [3.8, 4) is 5.75 Å². The summed E-state index contributed by atoms with van der Waals surface area (Å²) in [5.74, 6) is 0.282. The molecule has 2 N–H and O–H groups in total. The summed E-state index contributed by atoms with van der Waals surface area (Å²) >= 11 is 0. The molecule has 28 heavy (non-hydrogen) atoms. The topological polar surface area (TPSA) is 78.9 Å². The Kier molecular flexibility index (Phi) is 6.66. The molecule has 0 spiro atoms. The number of carbonyl (C=O) groups is 2. The zero-order valence-electron chi connectivity index (χ0n) is 16.1. The second kappa shape index (κ2) is 9.37. The van der Waals surface area contributed by atoms with Gasteiger partial charge in [-0.25, -0.2) is 0 Å². The van der Waals surface area contributed by atoms with Gasteiger partial charge in [0, 0.05) is 24.8 Å². The van der Waals surface area contributed by atoms with E-state index in [4.69, 9.17) is 4.74 Å². The number of nitrogens with one attached hydrogen (secondary N) is 1. The first-order valence-corrected chi connectivity index (χ1v) is 9.60. The summed E-state index contributed by atoms with van der Waals surface area (Å²) in [6, 6.07) is 13.9. The van der Waals surface area contributed by atoms with Crippen LogP contribution in [0.15, 0.2) is 48.5 Å². The third-order valence-corrected chi connectivity index (χ3v) is 5.11. The number of aliphatic hydroxyl groups excluding tert-OH is 1. The maximum absolute atomic E-state index is 13.2. The predicted octanol–water partition coefficient (Wildman–Crippen LogP) is 3.32. The van der Waals surface area contributed by atoms with Gasteiger partial charge in [0.15, 0.2) is 0 Å². The summed E-state index contributed by atoms with van der Waals surface area (Å²) < 4.78 is 5.12. The van der Waals surface area contributed by atoms with E-state index in [2.05, 4.69) is 5.32 Å². The minimum atomic E-state index is -0.284. The minimum Gasteiger partial charge on any atom is -0.497 e. The summed E-state index contributed by atoms with van der Waals surface area (Å²) in [5, 5.41) is 12.2. The van der Waals surface area contributed by atoms with Crippen LogP contribution in [0, 0.1) is 0 Å². The van der Waals surface area contributed by atoms with Gasteiger partial charge in [0.1, 0.15) is 5.75 Å². The van der Waals surface area contributed by atoms with Crippen molar-refractivity contribution in [3.05, 3.63) is 59.7 Å². The number of hydrogen-bond acceptors (Lipinski definition) is 4. The van der Waals surface area contributed by atoms with Crippen LogP contribution in [0.1, 0.15) is 46.4 Å². The van der Waals surface area contributed by atoms with Gasteiger partial charge in [-0.05, 0) is 62.1 Å². The van der Waals surface area contributed by atoms with Crippen molar-refractivity contribution in [3.63, 3.8) is 0 Å². The van der Waals surface area contributed by atoms with Crippen molar-refractivity contribution in [1.82, 2.24) is 4.90 Å². The van der Waals surface area contributed by atoms with E-state index in [0.717, 1.165) is 19.3 Å². The van der Waals surface area contributed by atoms with Crippen molar-refractivity contribution in [2.75, 3.05) is 25.6 Å². The van der Waals surface area contributed by atoms with Crippen molar-refractivity contribution in [2.45, 2.75) is 31.7 Å². The van der Waals surface area contributed by atoms with E-state index < -0.39 is 0 Å². The fraction of sp³-hybridized carbons (Fsp3) is 0.364. The van der Waals surface area contributed by atoms with Gasteiger partial charge in [0.05, 0.1) is 18.4 Å². The lowest BCUT2D eigenvalue weighted by atomic mass is 9.98. The summed E-state index contributed by atoms with van der Waals surface area (Å²) in [6.07, 6.45) is 3.48. The number of anilines is 1. The Balaban J connectivity index is 1.80. The van der Waals surface area contributed by atoms with E-state index in [-0.39, 0.29) is 24.5 Å². The molecule has 1 heterocycles. The van der Waals surface area contributed by atoms with E-state index >= 15 is 0 Å². The number of amides is 2. The number of benzene rings is 2. The Morgan fingerprint density at radius 2 is 1.89 bits per heavy atom. The number of rotatable bonds is 6. The number of ether oxygens (including phenoxy) is 1. The Morgan fingerprint density at radius 3 is 2.61 bits per heavy atom. The molecule has 2 aromatic rings. The maximum atomic E-state index is 13.2. The lowest BCUT2D eigenvalue weighted by Gasteiger charge is -2.36. The molecule has 2 aromatic carbocycles. The van der Waals surface area contributed by atoms with Crippen molar-refractivity contribution >= 4 is 17.5 Å². The van der Waals surface area contributed by atoms with Gasteiger partial charge in [-0.15, -0.1) is 0 Å². The fourth-order valence-electron chi connectivity index (χ4n) is 3.59. The largest absolute Gasteiger partial charge is 0.497 e. The van der Waals surface area contributed by atoms with Gasteiger partial charge in [-0.2, -0.15) is 0 Å². The second-order valence-corrected chi connectivity index (χ2v) is 6.89. The average Bonchev–Trinajstić information content (AvgIpc) is 2.74. The number of nitrogens with zero attached hydrogens (tertiary/aromatic N) is 1. The molecule has 0 bridgehead atoms. The number of para-hydroxylation sites is 1. The molecule has 1 aliphatic heterocycles. The number of methoxy groups -OCH3 is 1. The van der Waals surface area contributed by atoms with Crippen molar-refractivity contribution in [1.29, 1.82) is 0 Å². The Bertz CT molecular complexity index is 818. The molecule has 1 atom stereocenters. The molecule has 1 aliphatic rings. The highest BCUT2D eigenvalue weighted by Gasteiger charge is 2.28. The highest BCUT2D eigenvalue weighted by atomic mass is 16.5. The van der Waals surface area contributed by atoms with Crippen LogP contribution in [-0.4, -0.2) is 48.1 Å². The first-order valence-electron chi connectivity index (χ1n) is 9.60. The van der Waals surface area contributed by atoms with E-state index in [1.807, 2.05) is 4.90 Å². The van der Waals surface area contributed by atoms with Crippen LogP contribution in [0.2, 0.25) is 0 Å². The average molecular weight is 382 g/mol. The number of piperidine rings is 1. The van der Waals surface area contributed by atoms with Gasteiger partial charge >= 0.3 is 0 Å². The van der Waals surface area contributed by atoms with E-state index in [1.165, 1.54) is 0 Å². The summed E-state index contributed by atoms with van der Waals surface area (Å²) in [6.45, 7) is 0.731. The van der Waals surface area contributed by atoms with Crippen LogP contribution in [0.25, 0.3) is 0 Å². The molecule has 1 fully saturated rings. The lowest BCUT2D eigenvalue weighted by molar-refractivity contribution is 0.0575. The predicted molar refractivity (Wildman–Crippen MR) is 108 cm³/mol. The lowest BCUT2D eigenvalue weighted by Crippen LogP contribution is -2.44. The zero-order valence-corrected chi connectivity index (χ0v) is 16.1. The quantitative estimate of drug-likeness (QED) is 0.803. The molecule has 0 unspecified atom stereocenters. The molecule has 0 aromatic heterocycles. The molecule has 6 heteroatoms. The standard InChI is InChI=1S/C22H26N2O4/c1-28-18-11-9-16(10-12-18)21(26)23-20-8-3-2-7-19(20)22(27)24-14-5-4-6-17(24)13-15-25/h2-3,7-12,17,25H,4-6,13-15H2,1H3,(H,23,26)/t17-/m1/s1. The first kappa shape index (κ1) is 19.9. The minimum absolute atomic E-state index is 0.0385. The smallest absolute Gasteiger partial charge is 0.256 e. The van der Waals surface area contributed by atoms with Crippen LogP contribution < -0.4 is 10.1 Å². The highest BCUT2D eigenvalue weighted by Crippen LogP contribution is 2.25. The van der Waals surface area contributed by atoms with E-state index in [1.54, 1.807) is 55.6 Å². The van der Waals surface area contributed by atoms with Crippen LogP contribution in [0.5, 0.6) is 5.75 Å². The Hall–Kier alpha value is -2.86. The van der Waals surface area contributed by atoms with Crippen LogP contribution in [0.4, 0.5) is 5.69 Å². The summed E-state index contributed by atoms with van der Waals surface area (Å²) in [7, 11) is 1.57. The second-order valence-electron chi connectivity index (χ2n) is 6.89. The first-order chi connectivity index (χ1) is 13.6. The fourth-order valence-corrected chi connectivity index (χ4v) is 3.59. The SMILES string of the molecule is COc1ccc(C(=O)Nc2ccccc2C(=O)N2CCCC[C@@H]2CCO)cc1. The molecule has 0 aliphatic carbocycles. The molecule has 6 nitrogen and oxygen atoms in total. The maximum Gasteiger partial charge on any atom is 0.256 e. The molecule has 3 rings (SSSR count). The Labute approximate surface area is 165 Å². The monoisotopic (exact) mass is 382 g/mol.